The summed E-state index contributed by atoms with van der Waals surface area (Å²) in [5, 5.41) is 0. The van der Waals surface area contributed by atoms with Gasteiger partial charge in [-0.3, -0.25) is 0 Å². The van der Waals surface area contributed by atoms with Gasteiger partial charge in [0.1, 0.15) is 5.82 Å². The number of hydrogen-bond acceptors (Lipinski definition) is 1. The van der Waals surface area contributed by atoms with Crippen molar-refractivity contribution < 1.29 is 0 Å². The SMILES string of the molecule is Cc1ccc2c(c1)nc(CCl)n2CC(C)(C)C. The van der Waals surface area contributed by atoms with Crippen LogP contribution in [0.5, 0.6) is 0 Å². The number of aryl methyl sites for hydroxylation is 1. The van der Waals surface area contributed by atoms with Gasteiger partial charge in [-0.15, -0.1) is 11.6 Å². The van der Waals surface area contributed by atoms with E-state index in [0.29, 0.717) is 5.88 Å². The number of benzene rings is 1. The van der Waals surface area contributed by atoms with Crippen LogP contribution in [0.15, 0.2) is 18.2 Å². The fourth-order valence-corrected chi connectivity index (χ4v) is 2.25. The number of hydrogen-bond donors (Lipinski definition) is 0. The Hall–Kier alpha value is -1.02. The van der Waals surface area contributed by atoms with E-state index in [1.807, 2.05) is 0 Å². The molecule has 0 unspecified atom stereocenters. The van der Waals surface area contributed by atoms with Crippen molar-refractivity contribution in [3.05, 3.63) is 29.6 Å². The molecule has 1 aromatic carbocycles. The normalized spacial score (nSPS) is 12.3. The second kappa shape index (κ2) is 4.34. The number of fused-ring (bicyclic) bond motifs is 1. The average Bonchev–Trinajstić information content (AvgIpc) is 2.53. The molecule has 0 saturated heterocycles. The number of alkyl halides is 1. The molecule has 2 nitrogen and oxygen atoms in total. The molecule has 0 aliphatic rings. The summed E-state index contributed by atoms with van der Waals surface area (Å²) in [5.74, 6) is 1.42. The highest BCUT2D eigenvalue weighted by Crippen LogP contribution is 2.24. The molecule has 0 radical (unpaired) electrons. The van der Waals surface area contributed by atoms with Crippen LogP contribution in [0.3, 0.4) is 0 Å². The summed E-state index contributed by atoms with van der Waals surface area (Å²) >= 11 is 5.99. The molecule has 1 heterocycles. The van der Waals surface area contributed by atoms with Crippen LogP contribution in [0.1, 0.15) is 32.2 Å². The molecule has 0 atom stereocenters. The van der Waals surface area contributed by atoms with Gasteiger partial charge in [-0.1, -0.05) is 26.8 Å². The molecular weight excluding hydrogens is 232 g/mol. The molecule has 17 heavy (non-hydrogen) atoms. The molecule has 0 saturated carbocycles. The highest BCUT2D eigenvalue weighted by molar-refractivity contribution is 6.16. The minimum atomic E-state index is 0.222. The van der Waals surface area contributed by atoms with Crippen LogP contribution in [0.4, 0.5) is 0 Å². The largest absolute Gasteiger partial charge is 0.326 e. The van der Waals surface area contributed by atoms with E-state index in [1.54, 1.807) is 0 Å². The molecule has 0 fully saturated rings. The van der Waals surface area contributed by atoms with Crippen molar-refractivity contribution in [2.45, 2.75) is 40.1 Å². The van der Waals surface area contributed by atoms with Crippen molar-refractivity contribution in [3.63, 3.8) is 0 Å². The highest BCUT2D eigenvalue weighted by Gasteiger charge is 2.16. The minimum absolute atomic E-state index is 0.222. The minimum Gasteiger partial charge on any atom is -0.326 e. The van der Waals surface area contributed by atoms with Gasteiger partial charge in [0.25, 0.3) is 0 Å². The third-order valence-corrected chi connectivity index (χ3v) is 2.97. The number of halogens is 1. The van der Waals surface area contributed by atoms with Crippen molar-refractivity contribution in [3.8, 4) is 0 Å². The first-order valence-corrected chi connectivity index (χ1v) is 6.46. The summed E-state index contributed by atoms with van der Waals surface area (Å²) in [6.07, 6.45) is 0. The summed E-state index contributed by atoms with van der Waals surface area (Å²) in [7, 11) is 0. The predicted molar refractivity (Wildman–Crippen MR) is 73.5 cm³/mol. The Balaban J connectivity index is 2.58. The Morgan fingerprint density at radius 3 is 2.59 bits per heavy atom. The Bertz CT molecular complexity index is 535. The maximum absolute atomic E-state index is 5.99. The van der Waals surface area contributed by atoms with E-state index in [2.05, 4.69) is 55.4 Å². The summed E-state index contributed by atoms with van der Waals surface area (Å²) in [5.41, 5.74) is 3.68. The van der Waals surface area contributed by atoms with Gasteiger partial charge in [-0.05, 0) is 30.0 Å². The van der Waals surface area contributed by atoms with Crippen molar-refractivity contribution in [2.75, 3.05) is 0 Å². The first-order chi connectivity index (χ1) is 7.90. The van der Waals surface area contributed by atoms with Crippen LogP contribution in [-0.2, 0) is 12.4 Å². The number of imidazole rings is 1. The van der Waals surface area contributed by atoms with Crippen LogP contribution in [-0.4, -0.2) is 9.55 Å². The van der Waals surface area contributed by atoms with E-state index >= 15 is 0 Å². The van der Waals surface area contributed by atoms with Gasteiger partial charge in [0.15, 0.2) is 0 Å². The van der Waals surface area contributed by atoms with Crippen molar-refractivity contribution in [1.29, 1.82) is 0 Å². The fraction of sp³-hybridized carbons (Fsp3) is 0.500. The Morgan fingerprint density at radius 1 is 1.29 bits per heavy atom. The van der Waals surface area contributed by atoms with Crippen molar-refractivity contribution >= 4 is 22.6 Å². The summed E-state index contributed by atoms with van der Waals surface area (Å²) in [4.78, 5) is 4.61. The third kappa shape index (κ3) is 2.63. The lowest BCUT2D eigenvalue weighted by atomic mass is 9.97. The van der Waals surface area contributed by atoms with Gasteiger partial charge in [0.2, 0.25) is 0 Å². The van der Waals surface area contributed by atoms with Crippen molar-refractivity contribution in [2.24, 2.45) is 5.41 Å². The van der Waals surface area contributed by atoms with Gasteiger partial charge < -0.3 is 4.57 Å². The Labute approximate surface area is 108 Å². The van der Waals surface area contributed by atoms with E-state index in [-0.39, 0.29) is 5.41 Å². The monoisotopic (exact) mass is 250 g/mol. The number of nitrogens with zero attached hydrogens (tertiary/aromatic N) is 2. The standard InChI is InChI=1S/C14H19ClN2/c1-10-5-6-12-11(7-10)16-13(8-15)17(12)9-14(2,3)4/h5-7H,8-9H2,1-4H3. The lowest BCUT2D eigenvalue weighted by molar-refractivity contribution is 0.344. The molecule has 2 rings (SSSR count). The van der Waals surface area contributed by atoms with Gasteiger partial charge in [-0.25, -0.2) is 4.98 Å². The zero-order chi connectivity index (χ0) is 12.6. The van der Waals surface area contributed by atoms with Crippen LogP contribution in [0.25, 0.3) is 11.0 Å². The summed E-state index contributed by atoms with van der Waals surface area (Å²) in [6.45, 7) is 9.71. The van der Waals surface area contributed by atoms with Gasteiger partial charge in [-0.2, -0.15) is 0 Å². The molecule has 92 valence electrons. The summed E-state index contributed by atoms with van der Waals surface area (Å²) < 4.78 is 2.24. The second-order valence-electron chi connectivity index (χ2n) is 5.80. The first-order valence-electron chi connectivity index (χ1n) is 5.92. The van der Waals surface area contributed by atoms with Crippen LogP contribution >= 0.6 is 11.6 Å². The maximum Gasteiger partial charge on any atom is 0.124 e. The molecule has 0 aliphatic carbocycles. The average molecular weight is 251 g/mol. The topological polar surface area (TPSA) is 17.8 Å². The Kier molecular flexibility index (Phi) is 3.17. The molecule has 0 N–H and O–H groups in total. The molecule has 0 bridgehead atoms. The second-order valence-corrected chi connectivity index (χ2v) is 6.07. The Morgan fingerprint density at radius 2 is 2.00 bits per heavy atom. The van der Waals surface area contributed by atoms with Crippen molar-refractivity contribution in [1.82, 2.24) is 9.55 Å². The van der Waals surface area contributed by atoms with Crippen LogP contribution in [0, 0.1) is 12.3 Å². The molecule has 0 spiro atoms. The molecule has 3 heteroatoms. The lowest BCUT2D eigenvalue weighted by Gasteiger charge is -2.20. The zero-order valence-electron chi connectivity index (χ0n) is 10.9. The van der Waals surface area contributed by atoms with Crippen LogP contribution < -0.4 is 0 Å². The molecule has 0 aliphatic heterocycles. The molecule has 0 amide bonds. The van der Waals surface area contributed by atoms with E-state index in [1.165, 1.54) is 11.1 Å². The van der Waals surface area contributed by atoms with E-state index < -0.39 is 0 Å². The quantitative estimate of drug-likeness (QED) is 0.733. The van der Waals surface area contributed by atoms with Crippen LogP contribution in [0.2, 0.25) is 0 Å². The maximum atomic E-state index is 5.99. The highest BCUT2D eigenvalue weighted by atomic mass is 35.5. The molecule has 2 aromatic rings. The third-order valence-electron chi connectivity index (χ3n) is 2.73. The predicted octanol–water partition coefficient (Wildman–Crippen LogP) is 4.13. The van der Waals surface area contributed by atoms with Gasteiger partial charge >= 0.3 is 0 Å². The van der Waals surface area contributed by atoms with Gasteiger partial charge in [0, 0.05) is 6.54 Å². The number of aromatic nitrogens is 2. The fourth-order valence-electron chi connectivity index (χ4n) is 2.04. The van der Waals surface area contributed by atoms with E-state index in [0.717, 1.165) is 17.9 Å². The summed E-state index contributed by atoms with van der Waals surface area (Å²) in [6, 6.07) is 6.38. The zero-order valence-corrected chi connectivity index (χ0v) is 11.7. The lowest BCUT2D eigenvalue weighted by Crippen LogP contribution is -2.17. The van der Waals surface area contributed by atoms with Gasteiger partial charge in [0.05, 0.1) is 16.9 Å². The smallest absolute Gasteiger partial charge is 0.124 e. The van der Waals surface area contributed by atoms with E-state index in [9.17, 15) is 0 Å². The van der Waals surface area contributed by atoms with E-state index in [4.69, 9.17) is 11.6 Å². The number of rotatable bonds is 2. The molecular formula is C14H19ClN2. The molecule has 1 aromatic heterocycles. The first kappa shape index (κ1) is 12.4.